The van der Waals surface area contributed by atoms with Gasteiger partial charge in [0.15, 0.2) is 0 Å². The molecule has 0 aliphatic heterocycles. The van der Waals surface area contributed by atoms with Crippen LogP contribution in [-0.4, -0.2) is 41.2 Å². The van der Waals surface area contributed by atoms with E-state index in [-0.39, 0.29) is 18.8 Å². The first kappa shape index (κ1) is 23.3. The maximum Gasteiger partial charge on any atom is 0.267 e. The largest absolute Gasteiger partial charge is 0.494 e. The summed E-state index contributed by atoms with van der Waals surface area (Å²) in [6, 6.07) is 18.4. The molecule has 0 atom stereocenters. The van der Waals surface area contributed by atoms with E-state index in [4.69, 9.17) is 9.84 Å². The molecule has 0 bridgehead atoms. The molecule has 1 saturated carbocycles. The van der Waals surface area contributed by atoms with Gasteiger partial charge >= 0.3 is 0 Å². The maximum absolute atomic E-state index is 12.8. The average Bonchev–Trinajstić information content (AvgIpc) is 3.52. The van der Waals surface area contributed by atoms with Crippen LogP contribution in [0.3, 0.4) is 0 Å². The minimum Gasteiger partial charge on any atom is -0.494 e. The lowest BCUT2D eigenvalue weighted by molar-refractivity contribution is -0.117. The van der Waals surface area contributed by atoms with Crippen LogP contribution in [0.2, 0.25) is 0 Å². The number of amides is 2. The predicted molar refractivity (Wildman–Crippen MR) is 131 cm³/mol. The molecule has 1 aliphatic rings. The number of hydrogen-bond acceptors (Lipinski definition) is 4. The summed E-state index contributed by atoms with van der Waals surface area (Å²) in [7, 11) is 0. The molecule has 1 heterocycles. The minimum atomic E-state index is -0.475. The molecule has 7 heteroatoms. The zero-order chi connectivity index (χ0) is 23.8. The topological polar surface area (TPSA) is 92.6 Å². The van der Waals surface area contributed by atoms with Crippen LogP contribution in [0, 0.1) is 5.92 Å². The molecule has 3 N–H and O–H groups in total. The van der Waals surface area contributed by atoms with Crippen molar-refractivity contribution in [2.45, 2.75) is 19.3 Å². The first-order valence-corrected chi connectivity index (χ1v) is 11.5. The summed E-state index contributed by atoms with van der Waals surface area (Å²) in [5.41, 5.74) is 2.25. The van der Waals surface area contributed by atoms with Crippen LogP contribution in [0.5, 0.6) is 5.75 Å². The SMILES string of the molecule is O=C(NCCO)/C(=C\c1ccc(-n2cccc2)cc1)NC(=O)c1ccc(OCCC2CC2)cc1. The molecule has 176 valence electrons. The van der Waals surface area contributed by atoms with Crippen molar-refractivity contribution in [2.75, 3.05) is 19.8 Å². The predicted octanol–water partition coefficient (Wildman–Crippen LogP) is 3.54. The summed E-state index contributed by atoms with van der Waals surface area (Å²) >= 11 is 0. The lowest BCUT2D eigenvalue weighted by atomic mass is 10.1. The van der Waals surface area contributed by atoms with Gasteiger partial charge in [0.05, 0.1) is 13.2 Å². The molecule has 1 aromatic heterocycles. The number of carbonyl (C=O) groups is 2. The lowest BCUT2D eigenvalue weighted by Gasteiger charge is -2.12. The number of aliphatic hydroxyl groups is 1. The van der Waals surface area contributed by atoms with Gasteiger partial charge in [-0.25, -0.2) is 0 Å². The van der Waals surface area contributed by atoms with Gasteiger partial charge in [0.2, 0.25) is 0 Å². The van der Waals surface area contributed by atoms with E-state index in [1.165, 1.54) is 12.8 Å². The number of hydrogen-bond donors (Lipinski definition) is 3. The number of carbonyl (C=O) groups excluding carboxylic acids is 2. The van der Waals surface area contributed by atoms with Gasteiger partial charge < -0.3 is 25.0 Å². The van der Waals surface area contributed by atoms with Crippen molar-refractivity contribution in [2.24, 2.45) is 5.92 Å². The number of ether oxygens (including phenoxy) is 1. The summed E-state index contributed by atoms with van der Waals surface area (Å²) in [6.45, 7) is 0.573. The van der Waals surface area contributed by atoms with Crippen molar-refractivity contribution in [3.8, 4) is 11.4 Å². The molecule has 2 aromatic carbocycles. The van der Waals surface area contributed by atoms with Gasteiger partial charge in [-0.2, -0.15) is 0 Å². The monoisotopic (exact) mass is 459 g/mol. The van der Waals surface area contributed by atoms with Crippen LogP contribution >= 0.6 is 0 Å². The average molecular weight is 460 g/mol. The fraction of sp³-hybridized carbons (Fsp3) is 0.259. The van der Waals surface area contributed by atoms with Crippen LogP contribution in [0.4, 0.5) is 0 Å². The fourth-order valence-corrected chi connectivity index (χ4v) is 3.49. The van der Waals surface area contributed by atoms with Crippen molar-refractivity contribution in [3.63, 3.8) is 0 Å². The molecular weight excluding hydrogens is 430 g/mol. The number of rotatable bonds is 11. The Morgan fingerprint density at radius 1 is 1.03 bits per heavy atom. The number of benzene rings is 2. The Balaban J connectivity index is 1.44. The molecule has 7 nitrogen and oxygen atoms in total. The van der Waals surface area contributed by atoms with Crippen molar-refractivity contribution in [3.05, 3.63) is 89.9 Å². The number of aliphatic hydroxyl groups excluding tert-OH is 1. The minimum absolute atomic E-state index is 0.0888. The van der Waals surface area contributed by atoms with Gasteiger partial charge in [-0.1, -0.05) is 25.0 Å². The van der Waals surface area contributed by atoms with Gasteiger partial charge in [-0.3, -0.25) is 9.59 Å². The number of aromatic nitrogens is 1. The Kier molecular flexibility index (Phi) is 7.78. The molecule has 1 fully saturated rings. The van der Waals surface area contributed by atoms with E-state index in [0.29, 0.717) is 12.2 Å². The van der Waals surface area contributed by atoms with Gasteiger partial charge in [0, 0.05) is 30.2 Å². The molecule has 0 unspecified atom stereocenters. The third kappa shape index (κ3) is 6.59. The number of nitrogens with zero attached hydrogens (tertiary/aromatic N) is 1. The van der Waals surface area contributed by atoms with Gasteiger partial charge in [-0.05, 0) is 72.5 Å². The first-order chi connectivity index (χ1) is 16.6. The van der Waals surface area contributed by atoms with E-state index in [1.54, 1.807) is 30.3 Å². The van der Waals surface area contributed by atoms with E-state index in [0.717, 1.165) is 29.3 Å². The normalized spacial score (nSPS) is 13.4. The van der Waals surface area contributed by atoms with Crippen molar-refractivity contribution >= 4 is 17.9 Å². The van der Waals surface area contributed by atoms with Crippen LogP contribution in [0.1, 0.15) is 35.2 Å². The Bertz CT molecular complexity index is 1120. The van der Waals surface area contributed by atoms with Crippen LogP contribution in [-0.2, 0) is 4.79 Å². The fourth-order valence-electron chi connectivity index (χ4n) is 3.49. The Labute approximate surface area is 199 Å². The van der Waals surface area contributed by atoms with Crippen LogP contribution in [0.15, 0.2) is 78.8 Å². The summed E-state index contributed by atoms with van der Waals surface area (Å²) < 4.78 is 7.71. The highest BCUT2D eigenvalue weighted by Gasteiger charge is 2.20. The Morgan fingerprint density at radius 2 is 1.74 bits per heavy atom. The van der Waals surface area contributed by atoms with Gasteiger partial charge in [0.1, 0.15) is 11.4 Å². The molecule has 1 aliphatic carbocycles. The van der Waals surface area contributed by atoms with E-state index >= 15 is 0 Å². The first-order valence-electron chi connectivity index (χ1n) is 11.5. The smallest absolute Gasteiger partial charge is 0.267 e. The van der Waals surface area contributed by atoms with E-state index in [1.807, 2.05) is 53.4 Å². The highest BCUT2D eigenvalue weighted by atomic mass is 16.5. The zero-order valence-electron chi connectivity index (χ0n) is 18.9. The second-order valence-electron chi connectivity index (χ2n) is 8.28. The van der Waals surface area contributed by atoms with Crippen molar-refractivity contribution < 1.29 is 19.4 Å². The standard InChI is InChI=1S/C27H29N3O4/c31-17-14-28-27(33)25(19-21-5-9-23(10-6-21)30-15-1-2-16-30)29-26(32)22-7-11-24(12-8-22)34-18-13-20-3-4-20/h1-2,5-12,15-16,19-20,31H,3-4,13-14,17-18H2,(H,28,33)(H,29,32)/b25-19+. The van der Waals surface area contributed by atoms with E-state index in [9.17, 15) is 9.59 Å². The molecule has 0 saturated heterocycles. The molecule has 4 rings (SSSR count). The Morgan fingerprint density at radius 3 is 2.38 bits per heavy atom. The van der Waals surface area contributed by atoms with Crippen LogP contribution in [0.25, 0.3) is 11.8 Å². The highest BCUT2D eigenvalue weighted by Crippen LogP contribution is 2.32. The Hall–Kier alpha value is -3.84. The highest BCUT2D eigenvalue weighted by molar-refractivity contribution is 6.05. The lowest BCUT2D eigenvalue weighted by Crippen LogP contribution is -2.36. The van der Waals surface area contributed by atoms with Crippen LogP contribution < -0.4 is 15.4 Å². The van der Waals surface area contributed by atoms with Gasteiger partial charge in [0.25, 0.3) is 11.8 Å². The molecule has 3 aromatic rings. The van der Waals surface area contributed by atoms with E-state index < -0.39 is 11.8 Å². The van der Waals surface area contributed by atoms with E-state index in [2.05, 4.69) is 10.6 Å². The number of nitrogens with one attached hydrogen (secondary N) is 2. The van der Waals surface area contributed by atoms with Gasteiger partial charge in [-0.15, -0.1) is 0 Å². The molecule has 0 spiro atoms. The molecule has 0 radical (unpaired) electrons. The quantitative estimate of drug-likeness (QED) is 0.383. The second-order valence-corrected chi connectivity index (χ2v) is 8.28. The third-order valence-corrected chi connectivity index (χ3v) is 5.61. The van der Waals surface area contributed by atoms with Crippen molar-refractivity contribution in [1.29, 1.82) is 0 Å². The maximum atomic E-state index is 12.8. The second kappa shape index (κ2) is 11.3. The third-order valence-electron chi connectivity index (χ3n) is 5.61. The summed E-state index contributed by atoms with van der Waals surface area (Å²) in [4.78, 5) is 25.5. The summed E-state index contributed by atoms with van der Waals surface area (Å²) in [6.07, 6.45) is 9.15. The molecule has 2 amide bonds. The molecule has 34 heavy (non-hydrogen) atoms. The molecular formula is C27H29N3O4. The van der Waals surface area contributed by atoms with Crippen molar-refractivity contribution in [1.82, 2.24) is 15.2 Å². The zero-order valence-corrected chi connectivity index (χ0v) is 18.9. The summed E-state index contributed by atoms with van der Waals surface area (Å²) in [5.74, 6) is 0.643. The summed E-state index contributed by atoms with van der Waals surface area (Å²) in [5, 5.41) is 14.3.